The summed E-state index contributed by atoms with van der Waals surface area (Å²) in [5.41, 5.74) is 1.10. The Morgan fingerprint density at radius 2 is 1.42 bits per heavy atom. The summed E-state index contributed by atoms with van der Waals surface area (Å²) in [6.45, 7) is 0. The molecule has 0 atom stereocenters. The van der Waals surface area contributed by atoms with Gasteiger partial charge in [0.05, 0.1) is 21.3 Å². The monoisotopic (exact) mass is 264 g/mol. The smallest absolute Gasteiger partial charge is 0.164 e. The van der Waals surface area contributed by atoms with Crippen molar-refractivity contribution in [3.05, 3.63) is 17.7 Å². The Morgan fingerprint density at radius 1 is 0.895 bits per heavy atom. The molecule has 0 amide bonds. The van der Waals surface area contributed by atoms with Gasteiger partial charge < -0.3 is 14.2 Å². The first-order valence-electron chi connectivity index (χ1n) is 6.51. The second-order valence-corrected chi connectivity index (χ2v) is 4.76. The number of methoxy groups -OCH3 is 3. The van der Waals surface area contributed by atoms with E-state index in [-0.39, 0.29) is 0 Å². The van der Waals surface area contributed by atoms with Gasteiger partial charge in [-0.3, -0.25) is 4.79 Å². The summed E-state index contributed by atoms with van der Waals surface area (Å²) in [4.78, 5) is 11.3. The molecule has 1 saturated carbocycles. The van der Waals surface area contributed by atoms with Crippen LogP contribution in [-0.4, -0.2) is 27.1 Å². The molecule has 0 bridgehead atoms. The van der Waals surface area contributed by atoms with E-state index < -0.39 is 0 Å². The average molecular weight is 264 g/mol. The van der Waals surface area contributed by atoms with Crippen molar-refractivity contribution in [2.24, 2.45) is 0 Å². The predicted molar refractivity (Wildman–Crippen MR) is 72.3 cm³/mol. The van der Waals surface area contributed by atoms with Crippen LogP contribution in [0.5, 0.6) is 17.2 Å². The molecule has 0 unspecified atom stereocenters. The Hall–Kier alpha value is -1.71. The molecule has 0 heterocycles. The number of rotatable bonds is 4. The summed E-state index contributed by atoms with van der Waals surface area (Å²) in [7, 11) is 4.88. The van der Waals surface area contributed by atoms with Crippen molar-refractivity contribution in [2.45, 2.75) is 31.6 Å². The van der Waals surface area contributed by atoms with E-state index in [4.69, 9.17) is 14.2 Å². The number of carbonyl (C=O) groups is 1. The van der Waals surface area contributed by atoms with E-state index in [1.54, 1.807) is 21.3 Å². The lowest BCUT2D eigenvalue weighted by Crippen LogP contribution is -2.13. The fourth-order valence-electron chi connectivity index (χ4n) is 2.62. The Morgan fingerprint density at radius 3 is 1.95 bits per heavy atom. The zero-order chi connectivity index (χ0) is 13.8. The second kappa shape index (κ2) is 5.95. The van der Waals surface area contributed by atoms with E-state index in [0.717, 1.165) is 24.2 Å². The molecule has 1 aromatic rings. The van der Waals surface area contributed by atoms with Gasteiger partial charge in [-0.15, -0.1) is 0 Å². The molecule has 4 nitrogen and oxygen atoms in total. The summed E-state index contributed by atoms with van der Waals surface area (Å²) >= 11 is 0. The summed E-state index contributed by atoms with van der Waals surface area (Å²) in [6.07, 6.45) is 3.07. The van der Waals surface area contributed by atoms with Crippen LogP contribution in [0.3, 0.4) is 0 Å². The van der Waals surface area contributed by atoms with Crippen molar-refractivity contribution >= 4 is 5.78 Å². The van der Waals surface area contributed by atoms with Crippen LogP contribution in [0.2, 0.25) is 0 Å². The maximum Gasteiger partial charge on any atom is 0.164 e. The molecular weight excluding hydrogens is 244 g/mol. The zero-order valence-corrected chi connectivity index (χ0v) is 11.7. The molecule has 0 radical (unpaired) electrons. The minimum Gasteiger partial charge on any atom is -0.496 e. The minimum atomic E-state index is 0.354. The number of hydrogen-bond acceptors (Lipinski definition) is 4. The fourth-order valence-corrected chi connectivity index (χ4v) is 2.62. The van der Waals surface area contributed by atoms with Crippen LogP contribution in [0.25, 0.3) is 0 Å². The third-order valence-electron chi connectivity index (χ3n) is 3.72. The Balaban J connectivity index is 2.35. The Kier molecular flexibility index (Phi) is 4.30. The van der Waals surface area contributed by atoms with E-state index in [1.165, 1.54) is 0 Å². The molecule has 19 heavy (non-hydrogen) atoms. The number of carbonyl (C=O) groups excluding carboxylic acids is 1. The van der Waals surface area contributed by atoms with Crippen molar-refractivity contribution in [1.82, 2.24) is 0 Å². The highest BCUT2D eigenvalue weighted by Crippen LogP contribution is 2.42. The van der Waals surface area contributed by atoms with Gasteiger partial charge in [0.15, 0.2) is 11.5 Å². The summed E-state index contributed by atoms with van der Waals surface area (Å²) in [5, 5.41) is 0. The van der Waals surface area contributed by atoms with Crippen LogP contribution >= 0.6 is 0 Å². The maximum absolute atomic E-state index is 11.3. The van der Waals surface area contributed by atoms with Gasteiger partial charge in [0.25, 0.3) is 0 Å². The first-order valence-corrected chi connectivity index (χ1v) is 6.51. The van der Waals surface area contributed by atoms with Crippen molar-refractivity contribution in [1.29, 1.82) is 0 Å². The molecule has 1 aromatic carbocycles. The molecule has 4 heteroatoms. The standard InChI is InChI=1S/C15H20O4/c1-17-13-9-15(19-3)14(18-2)8-12(13)10-4-6-11(16)7-5-10/h8-10H,4-7H2,1-3H3. The van der Waals surface area contributed by atoms with Gasteiger partial charge in [0, 0.05) is 24.5 Å². The van der Waals surface area contributed by atoms with Gasteiger partial charge in [-0.05, 0) is 24.8 Å². The van der Waals surface area contributed by atoms with Gasteiger partial charge in [0.1, 0.15) is 11.5 Å². The lowest BCUT2D eigenvalue weighted by Gasteiger charge is -2.24. The zero-order valence-electron chi connectivity index (χ0n) is 11.7. The quantitative estimate of drug-likeness (QED) is 0.838. The largest absolute Gasteiger partial charge is 0.496 e. The number of ketones is 1. The lowest BCUT2D eigenvalue weighted by atomic mass is 9.83. The molecule has 0 aliphatic heterocycles. The van der Waals surface area contributed by atoms with E-state index in [2.05, 4.69) is 0 Å². The third kappa shape index (κ3) is 2.83. The van der Waals surface area contributed by atoms with E-state index in [9.17, 15) is 4.79 Å². The normalized spacial score (nSPS) is 16.3. The Bertz CT molecular complexity index is 457. The predicted octanol–water partition coefficient (Wildman–Crippen LogP) is 2.94. The molecular formula is C15H20O4. The lowest BCUT2D eigenvalue weighted by molar-refractivity contribution is -0.120. The van der Waals surface area contributed by atoms with Gasteiger partial charge in [0.2, 0.25) is 0 Å². The highest BCUT2D eigenvalue weighted by Gasteiger charge is 2.24. The molecule has 104 valence electrons. The minimum absolute atomic E-state index is 0.354. The first-order chi connectivity index (χ1) is 9.19. The molecule has 1 aliphatic rings. The van der Waals surface area contributed by atoms with Crippen molar-refractivity contribution in [3.8, 4) is 17.2 Å². The average Bonchev–Trinajstić information content (AvgIpc) is 2.46. The number of benzene rings is 1. The molecule has 2 rings (SSSR count). The second-order valence-electron chi connectivity index (χ2n) is 4.76. The van der Waals surface area contributed by atoms with Crippen molar-refractivity contribution < 1.29 is 19.0 Å². The maximum atomic E-state index is 11.3. The van der Waals surface area contributed by atoms with Crippen LogP contribution in [-0.2, 0) is 4.79 Å². The fraction of sp³-hybridized carbons (Fsp3) is 0.533. The van der Waals surface area contributed by atoms with Crippen molar-refractivity contribution in [2.75, 3.05) is 21.3 Å². The number of hydrogen-bond donors (Lipinski definition) is 0. The number of ether oxygens (including phenoxy) is 3. The molecule has 0 N–H and O–H groups in total. The van der Waals surface area contributed by atoms with Gasteiger partial charge in [-0.1, -0.05) is 0 Å². The molecule has 1 fully saturated rings. The van der Waals surface area contributed by atoms with Gasteiger partial charge >= 0.3 is 0 Å². The van der Waals surface area contributed by atoms with Crippen molar-refractivity contribution in [3.63, 3.8) is 0 Å². The first kappa shape index (κ1) is 13.7. The van der Waals surface area contributed by atoms with E-state index in [0.29, 0.717) is 36.0 Å². The van der Waals surface area contributed by atoms with Crippen LogP contribution < -0.4 is 14.2 Å². The number of Topliss-reactive ketones (excluding diaryl/α,β-unsaturated/α-hetero) is 1. The van der Waals surface area contributed by atoms with Gasteiger partial charge in [-0.25, -0.2) is 0 Å². The molecule has 0 saturated heterocycles. The molecule has 0 spiro atoms. The third-order valence-corrected chi connectivity index (χ3v) is 3.72. The summed E-state index contributed by atoms with van der Waals surface area (Å²) in [6, 6.07) is 3.82. The van der Waals surface area contributed by atoms with Crippen LogP contribution in [0, 0.1) is 0 Å². The van der Waals surface area contributed by atoms with Gasteiger partial charge in [-0.2, -0.15) is 0 Å². The van der Waals surface area contributed by atoms with E-state index in [1.807, 2.05) is 12.1 Å². The Labute approximate surface area is 113 Å². The van der Waals surface area contributed by atoms with Crippen LogP contribution in [0.15, 0.2) is 12.1 Å². The topological polar surface area (TPSA) is 44.8 Å². The molecule has 0 aromatic heterocycles. The van der Waals surface area contributed by atoms with E-state index >= 15 is 0 Å². The van der Waals surface area contributed by atoms with Crippen LogP contribution in [0.1, 0.15) is 37.2 Å². The van der Waals surface area contributed by atoms with Crippen LogP contribution in [0.4, 0.5) is 0 Å². The highest BCUT2D eigenvalue weighted by molar-refractivity contribution is 5.79. The highest BCUT2D eigenvalue weighted by atomic mass is 16.5. The molecule has 1 aliphatic carbocycles. The summed E-state index contributed by atoms with van der Waals surface area (Å²) < 4.78 is 16.1. The summed E-state index contributed by atoms with van der Waals surface area (Å²) in [5.74, 6) is 2.88. The SMILES string of the molecule is COc1cc(OC)c(C2CCC(=O)CC2)cc1OC.